The monoisotopic (exact) mass is 344 g/mol. The fraction of sp³-hybridized carbons (Fsp3) is 0.562. The molecule has 3 atom stereocenters. The van der Waals surface area contributed by atoms with Crippen LogP contribution >= 0.6 is 11.6 Å². The second-order valence-corrected chi connectivity index (χ2v) is 6.00. The van der Waals surface area contributed by atoms with Crippen molar-refractivity contribution >= 4 is 17.6 Å². The van der Waals surface area contributed by atoms with Gasteiger partial charge in [-0.05, 0) is 37.0 Å². The summed E-state index contributed by atoms with van der Waals surface area (Å²) in [5, 5.41) is 15.0. The van der Waals surface area contributed by atoms with Crippen LogP contribution in [0.25, 0.3) is 0 Å². The molecule has 1 aromatic rings. The number of aliphatic hydroxyl groups excluding tert-OH is 1. The Hall–Kier alpha value is -1.37. The minimum atomic E-state index is -0.705. The van der Waals surface area contributed by atoms with Gasteiger partial charge in [-0.2, -0.15) is 0 Å². The Morgan fingerprint density at radius 3 is 2.87 bits per heavy atom. The second kappa shape index (κ2) is 8.47. The average molecular weight is 345 g/mol. The van der Waals surface area contributed by atoms with Gasteiger partial charge in [-0.3, -0.25) is 0 Å². The molecule has 0 aliphatic carbocycles. The fourth-order valence-electron chi connectivity index (χ4n) is 2.71. The predicted octanol–water partition coefficient (Wildman–Crippen LogP) is 2.77. The van der Waals surface area contributed by atoms with Crippen LogP contribution in [0.1, 0.15) is 37.8 Å². The fourth-order valence-corrected chi connectivity index (χ4v) is 2.83. The molecule has 0 bridgehead atoms. The number of hydrogen-bond acceptors (Lipinski definition) is 3. The number of nitrogens with one attached hydrogen (secondary N) is 2. The number of rotatable bonds is 6. The van der Waals surface area contributed by atoms with E-state index in [-0.39, 0.29) is 23.8 Å². The summed E-state index contributed by atoms with van der Waals surface area (Å²) in [5.74, 6) is -0.587. The Bertz CT molecular complexity index is 538. The van der Waals surface area contributed by atoms with Gasteiger partial charge in [0.1, 0.15) is 5.82 Å². The Morgan fingerprint density at radius 1 is 1.52 bits per heavy atom. The maximum Gasteiger partial charge on any atom is 0.315 e. The zero-order chi connectivity index (χ0) is 16.8. The molecule has 128 valence electrons. The maximum atomic E-state index is 13.5. The topological polar surface area (TPSA) is 70.6 Å². The highest BCUT2D eigenvalue weighted by Gasteiger charge is 2.26. The second-order valence-electron chi connectivity index (χ2n) is 5.59. The number of aliphatic hydroxyl groups is 1. The predicted molar refractivity (Wildman–Crippen MR) is 86.0 cm³/mol. The normalized spacial score (nSPS) is 20.1. The highest BCUT2D eigenvalue weighted by atomic mass is 35.5. The van der Waals surface area contributed by atoms with Gasteiger partial charge >= 0.3 is 6.03 Å². The summed E-state index contributed by atoms with van der Waals surface area (Å²) in [7, 11) is 0. The van der Waals surface area contributed by atoms with E-state index >= 15 is 0 Å². The number of benzene rings is 1. The number of amides is 2. The molecular formula is C16H22ClFN2O3. The van der Waals surface area contributed by atoms with Crippen LogP contribution in [0.3, 0.4) is 0 Å². The summed E-state index contributed by atoms with van der Waals surface area (Å²) in [4.78, 5) is 12.2. The zero-order valence-electron chi connectivity index (χ0n) is 13.0. The van der Waals surface area contributed by atoms with E-state index in [9.17, 15) is 14.3 Å². The Labute approximate surface area is 140 Å². The maximum absolute atomic E-state index is 13.5. The van der Waals surface area contributed by atoms with Crippen molar-refractivity contribution in [3.8, 4) is 0 Å². The molecule has 3 N–H and O–H groups in total. The van der Waals surface area contributed by atoms with E-state index in [4.69, 9.17) is 16.3 Å². The van der Waals surface area contributed by atoms with Crippen molar-refractivity contribution in [1.29, 1.82) is 0 Å². The number of carbonyl (C=O) groups excluding carboxylic acids is 1. The van der Waals surface area contributed by atoms with Crippen molar-refractivity contribution in [1.82, 2.24) is 10.6 Å². The quantitative estimate of drug-likeness (QED) is 0.743. The molecule has 0 saturated carbocycles. The Kier molecular flexibility index (Phi) is 6.62. The third kappa shape index (κ3) is 4.80. The molecular weight excluding hydrogens is 323 g/mol. The summed E-state index contributed by atoms with van der Waals surface area (Å²) in [5.41, 5.74) is 0.453. The smallest absolute Gasteiger partial charge is 0.315 e. The Balaban J connectivity index is 1.97. The third-order valence-electron chi connectivity index (χ3n) is 4.00. The van der Waals surface area contributed by atoms with E-state index in [0.29, 0.717) is 12.2 Å². The van der Waals surface area contributed by atoms with Gasteiger partial charge < -0.3 is 20.5 Å². The first-order valence-corrected chi connectivity index (χ1v) is 8.17. The molecule has 5 nitrogen and oxygen atoms in total. The molecule has 2 amide bonds. The van der Waals surface area contributed by atoms with Gasteiger partial charge in [0.05, 0.1) is 29.8 Å². The van der Waals surface area contributed by atoms with Crippen molar-refractivity contribution in [2.24, 2.45) is 0 Å². The van der Waals surface area contributed by atoms with Crippen molar-refractivity contribution < 1.29 is 19.0 Å². The molecule has 1 heterocycles. The average Bonchev–Trinajstić information content (AvgIpc) is 3.07. The minimum Gasteiger partial charge on any atom is -0.394 e. The van der Waals surface area contributed by atoms with Gasteiger partial charge in [0.2, 0.25) is 0 Å². The first-order chi connectivity index (χ1) is 11.0. The van der Waals surface area contributed by atoms with Gasteiger partial charge in [0.25, 0.3) is 0 Å². The van der Waals surface area contributed by atoms with E-state index < -0.39 is 17.9 Å². The highest BCUT2D eigenvalue weighted by Crippen LogP contribution is 2.21. The molecule has 1 aromatic carbocycles. The van der Waals surface area contributed by atoms with Gasteiger partial charge in [-0.15, -0.1) is 0 Å². The molecule has 1 aliphatic rings. The molecule has 0 spiro atoms. The van der Waals surface area contributed by atoms with E-state index in [1.807, 2.05) is 6.92 Å². The molecule has 1 fully saturated rings. The van der Waals surface area contributed by atoms with Crippen LogP contribution in [-0.4, -0.2) is 36.5 Å². The van der Waals surface area contributed by atoms with Gasteiger partial charge in [-0.1, -0.05) is 24.6 Å². The Morgan fingerprint density at radius 2 is 2.30 bits per heavy atom. The molecule has 0 radical (unpaired) electrons. The lowest BCUT2D eigenvalue weighted by Gasteiger charge is -2.25. The molecule has 3 unspecified atom stereocenters. The summed E-state index contributed by atoms with van der Waals surface area (Å²) in [6.45, 7) is 2.35. The van der Waals surface area contributed by atoms with Crippen molar-refractivity contribution in [3.63, 3.8) is 0 Å². The van der Waals surface area contributed by atoms with Crippen LogP contribution in [0.15, 0.2) is 18.2 Å². The first-order valence-electron chi connectivity index (χ1n) is 7.79. The van der Waals surface area contributed by atoms with Crippen LogP contribution in [0.2, 0.25) is 5.02 Å². The molecule has 1 aliphatic heterocycles. The number of carbonyl (C=O) groups is 1. The van der Waals surface area contributed by atoms with E-state index in [0.717, 1.165) is 19.3 Å². The molecule has 1 saturated heterocycles. The lowest BCUT2D eigenvalue weighted by molar-refractivity contribution is 0.0792. The largest absolute Gasteiger partial charge is 0.394 e. The van der Waals surface area contributed by atoms with Gasteiger partial charge in [0.15, 0.2) is 0 Å². The third-order valence-corrected chi connectivity index (χ3v) is 4.31. The van der Waals surface area contributed by atoms with Crippen LogP contribution in [0.5, 0.6) is 0 Å². The van der Waals surface area contributed by atoms with Crippen molar-refractivity contribution in [3.05, 3.63) is 34.6 Å². The van der Waals surface area contributed by atoms with Crippen LogP contribution in [0, 0.1) is 5.82 Å². The van der Waals surface area contributed by atoms with E-state index in [2.05, 4.69) is 10.6 Å². The first kappa shape index (κ1) is 18.0. The number of urea groups is 1. The highest BCUT2D eigenvalue weighted by molar-refractivity contribution is 6.30. The standard InChI is InChI=1S/C16H22ClFN2O3/c1-2-13(15-4-3-7-23-15)19-16(22)20-14(9-21)10-5-6-11(17)12(18)8-10/h5-6,8,13-15,21H,2-4,7,9H2,1H3,(H2,19,20,22). The molecule has 23 heavy (non-hydrogen) atoms. The van der Waals surface area contributed by atoms with Crippen molar-refractivity contribution in [2.75, 3.05) is 13.2 Å². The number of halogens is 2. The summed E-state index contributed by atoms with van der Waals surface area (Å²) in [6.07, 6.45) is 2.68. The zero-order valence-corrected chi connectivity index (χ0v) is 13.8. The SMILES string of the molecule is CCC(NC(=O)NC(CO)c1ccc(Cl)c(F)c1)C1CCCO1. The lowest BCUT2D eigenvalue weighted by atomic mass is 10.1. The molecule has 0 aromatic heterocycles. The lowest BCUT2D eigenvalue weighted by Crippen LogP contribution is -2.48. The van der Waals surface area contributed by atoms with Crippen LogP contribution < -0.4 is 10.6 Å². The summed E-state index contributed by atoms with van der Waals surface area (Å²) >= 11 is 5.64. The summed E-state index contributed by atoms with van der Waals surface area (Å²) in [6, 6.07) is 2.98. The van der Waals surface area contributed by atoms with E-state index in [1.165, 1.54) is 12.1 Å². The van der Waals surface area contributed by atoms with Crippen LogP contribution in [0.4, 0.5) is 9.18 Å². The summed E-state index contributed by atoms with van der Waals surface area (Å²) < 4.78 is 19.1. The van der Waals surface area contributed by atoms with Crippen molar-refractivity contribution in [2.45, 2.75) is 44.4 Å². The van der Waals surface area contributed by atoms with Gasteiger partial charge in [-0.25, -0.2) is 9.18 Å². The molecule has 7 heteroatoms. The van der Waals surface area contributed by atoms with Crippen LogP contribution in [-0.2, 0) is 4.74 Å². The number of ether oxygens (including phenoxy) is 1. The minimum absolute atomic E-state index is 0.000629. The van der Waals surface area contributed by atoms with E-state index in [1.54, 1.807) is 6.07 Å². The molecule has 2 rings (SSSR count). The van der Waals surface area contributed by atoms with Gasteiger partial charge in [0, 0.05) is 6.61 Å². The number of hydrogen-bond donors (Lipinski definition) is 3.